The van der Waals surface area contributed by atoms with Crippen molar-refractivity contribution in [3.63, 3.8) is 0 Å². The highest BCUT2D eigenvalue weighted by atomic mass is 32.2. The van der Waals surface area contributed by atoms with Gasteiger partial charge in [0.15, 0.2) is 6.10 Å². The van der Waals surface area contributed by atoms with E-state index in [0.717, 1.165) is 5.56 Å². The molecular formula is C25H26N2O6S. The van der Waals surface area contributed by atoms with Gasteiger partial charge in [0.1, 0.15) is 17.2 Å². The molecule has 0 saturated heterocycles. The number of carbonyl (C=O) groups is 1. The fourth-order valence-corrected chi connectivity index (χ4v) is 4.87. The van der Waals surface area contributed by atoms with E-state index in [1.807, 2.05) is 12.1 Å². The number of anilines is 1. The number of carbonyl (C=O) groups excluding carboxylic acids is 1. The van der Waals surface area contributed by atoms with Crippen LogP contribution in [0.4, 0.5) is 5.69 Å². The minimum atomic E-state index is -3.75. The van der Waals surface area contributed by atoms with Gasteiger partial charge in [0.2, 0.25) is 0 Å². The summed E-state index contributed by atoms with van der Waals surface area (Å²) in [6, 6.07) is 18.6. The van der Waals surface area contributed by atoms with Crippen molar-refractivity contribution in [2.75, 3.05) is 18.9 Å². The fourth-order valence-electron chi connectivity index (χ4n) is 3.80. The van der Waals surface area contributed by atoms with Gasteiger partial charge in [-0.05, 0) is 49.4 Å². The molecular weight excluding hydrogens is 456 g/mol. The van der Waals surface area contributed by atoms with Crippen molar-refractivity contribution in [2.45, 2.75) is 31.0 Å². The second kappa shape index (κ2) is 9.64. The molecule has 0 aromatic heterocycles. The van der Waals surface area contributed by atoms with Crippen LogP contribution in [-0.2, 0) is 27.9 Å². The van der Waals surface area contributed by atoms with Crippen LogP contribution >= 0.6 is 0 Å². The smallest absolute Gasteiger partial charge is 0.263 e. The van der Waals surface area contributed by atoms with Gasteiger partial charge in [0.05, 0.1) is 19.1 Å². The molecule has 0 radical (unpaired) electrons. The van der Waals surface area contributed by atoms with Gasteiger partial charge in [-0.25, -0.2) is 8.42 Å². The van der Waals surface area contributed by atoms with Gasteiger partial charge in [0.25, 0.3) is 15.9 Å². The first kappa shape index (κ1) is 23.4. The second-order valence-electron chi connectivity index (χ2n) is 7.87. The second-order valence-corrected chi connectivity index (χ2v) is 9.56. The normalized spacial score (nSPS) is 15.7. The molecule has 1 N–H and O–H groups in total. The van der Waals surface area contributed by atoms with Crippen LogP contribution in [0.15, 0.2) is 71.6 Å². The molecule has 4 rings (SSSR count). The van der Waals surface area contributed by atoms with Crippen molar-refractivity contribution in [1.82, 2.24) is 4.90 Å². The minimum absolute atomic E-state index is 0.165. The maximum absolute atomic E-state index is 13.1. The molecule has 8 nitrogen and oxygen atoms in total. The van der Waals surface area contributed by atoms with Crippen LogP contribution in [0.1, 0.15) is 18.1 Å². The Labute approximate surface area is 199 Å². The quantitative estimate of drug-likeness (QED) is 0.550. The number of methoxy groups -OCH3 is 2. The summed E-state index contributed by atoms with van der Waals surface area (Å²) in [7, 11) is -0.608. The maximum atomic E-state index is 13.1. The predicted octanol–water partition coefficient (Wildman–Crippen LogP) is 3.81. The molecule has 178 valence electrons. The topological polar surface area (TPSA) is 94.2 Å². The van der Waals surface area contributed by atoms with Crippen LogP contribution in [-0.4, -0.2) is 39.5 Å². The highest BCUT2D eigenvalue weighted by Crippen LogP contribution is 2.32. The van der Waals surface area contributed by atoms with Crippen molar-refractivity contribution in [1.29, 1.82) is 0 Å². The largest absolute Gasteiger partial charge is 0.497 e. The first-order valence-electron chi connectivity index (χ1n) is 10.7. The molecule has 0 spiro atoms. The minimum Gasteiger partial charge on any atom is -0.497 e. The van der Waals surface area contributed by atoms with Gasteiger partial charge >= 0.3 is 0 Å². The third-order valence-corrected chi connectivity index (χ3v) is 6.94. The molecule has 3 aromatic rings. The molecule has 3 aromatic carbocycles. The number of benzene rings is 3. The Morgan fingerprint density at radius 1 is 1.03 bits per heavy atom. The van der Waals surface area contributed by atoms with E-state index in [1.54, 1.807) is 68.5 Å². The lowest BCUT2D eigenvalue weighted by atomic mass is 10.1. The number of nitrogens with zero attached hydrogens (tertiary/aromatic N) is 1. The first-order valence-corrected chi connectivity index (χ1v) is 12.2. The van der Waals surface area contributed by atoms with Crippen LogP contribution in [0, 0.1) is 0 Å². The summed E-state index contributed by atoms with van der Waals surface area (Å²) in [4.78, 5) is 14.9. The Morgan fingerprint density at radius 2 is 1.79 bits per heavy atom. The number of nitrogens with one attached hydrogen (secondary N) is 1. The van der Waals surface area contributed by atoms with Crippen molar-refractivity contribution < 1.29 is 27.4 Å². The van der Waals surface area contributed by atoms with E-state index in [-0.39, 0.29) is 17.3 Å². The number of fused-ring (bicyclic) bond motifs is 1. The predicted molar refractivity (Wildman–Crippen MR) is 128 cm³/mol. The third kappa shape index (κ3) is 4.94. The zero-order chi connectivity index (χ0) is 24.3. The molecule has 1 atom stereocenters. The van der Waals surface area contributed by atoms with Gasteiger partial charge in [-0.15, -0.1) is 0 Å². The first-order chi connectivity index (χ1) is 16.3. The van der Waals surface area contributed by atoms with Gasteiger partial charge in [-0.2, -0.15) is 0 Å². The van der Waals surface area contributed by atoms with E-state index >= 15 is 0 Å². The molecule has 9 heteroatoms. The van der Waals surface area contributed by atoms with Crippen molar-refractivity contribution in [3.05, 3.63) is 77.9 Å². The monoisotopic (exact) mass is 482 g/mol. The van der Waals surface area contributed by atoms with Crippen LogP contribution in [0.3, 0.4) is 0 Å². The van der Waals surface area contributed by atoms with Crippen molar-refractivity contribution in [3.8, 4) is 17.2 Å². The molecule has 0 unspecified atom stereocenters. The van der Waals surface area contributed by atoms with Gasteiger partial charge in [-0.3, -0.25) is 9.52 Å². The zero-order valence-electron chi connectivity index (χ0n) is 19.1. The summed E-state index contributed by atoms with van der Waals surface area (Å²) >= 11 is 0. The van der Waals surface area contributed by atoms with Crippen LogP contribution in [0.5, 0.6) is 17.2 Å². The van der Waals surface area contributed by atoms with Gasteiger partial charge < -0.3 is 19.1 Å². The standard InChI is InChI=1S/C25H26N2O6S/c1-17-25(28)27(15-18-9-11-21(31-2)14-24(18)32-3)16-19-13-20(10-12-23(19)33-17)26-34(29,30)22-7-5-4-6-8-22/h4-14,17,26H,15-16H2,1-3H3/t17-/m1/s1. The molecule has 1 aliphatic rings. The molecule has 34 heavy (non-hydrogen) atoms. The van der Waals surface area contributed by atoms with Gasteiger partial charge in [-0.1, -0.05) is 18.2 Å². The highest BCUT2D eigenvalue weighted by molar-refractivity contribution is 7.92. The number of hydrogen-bond donors (Lipinski definition) is 1. The van der Waals surface area contributed by atoms with E-state index in [2.05, 4.69) is 4.72 Å². The van der Waals surface area contributed by atoms with E-state index in [4.69, 9.17) is 14.2 Å². The average molecular weight is 483 g/mol. The number of amides is 1. The average Bonchev–Trinajstić information content (AvgIpc) is 2.95. The van der Waals surface area contributed by atoms with Crippen LogP contribution in [0.2, 0.25) is 0 Å². The Morgan fingerprint density at radius 3 is 2.50 bits per heavy atom. The molecule has 0 fully saturated rings. The van der Waals surface area contributed by atoms with E-state index in [0.29, 0.717) is 35.0 Å². The fraction of sp³-hybridized carbons (Fsp3) is 0.240. The Hall–Kier alpha value is -3.72. The zero-order valence-corrected chi connectivity index (χ0v) is 20.0. The lowest BCUT2D eigenvalue weighted by Gasteiger charge is -2.23. The number of sulfonamides is 1. The summed E-state index contributed by atoms with van der Waals surface area (Å²) in [6.45, 7) is 2.23. The van der Waals surface area contributed by atoms with Gasteiger partial charge in [0, 0.05) is 36.0 Å². The summed E-state index contributed by atoms with van der Waals surface area (Å²) in [5.41, 5.74) is 1.89. The molecule has 0 saturated carbocycles. The van der Waals surface area contributed by atoms with E-state index < -0.39 is 16.1 Å². The summed E-state index contributed by atoms with van der Waals surface area (Å²) in [5, 5.41) is 0. The highest BCUT2D eigenvalue weighted by Gasteiger charge is 2.29. The maximum Gasteiger partial charge on any atom is 0.263 e. The lowest BCUT2D eigenvalue weighted by molar-refractivity contribution is -0.138. The Kier molecular flexibility index (Phi) is 6.65. The SMILES string of the molecule is COc1ccc(CN2Cc3cc(NS(=O)(=O)c4ccccc4)ccc3O[C@H](C)C2=O)c(OC)c1. The van der Waals surface area contributed by atoms with Crippen LogP contribution < -0.4 is 18.9 Å². The number of rotatable bonds is 7. The van der Waals surface area contributed by atoms with Crippen LogP contribution in [0.25, 0.3) is 0 Å². The number of ether oxygens (including phenoxy) is 3. The molecule has 1 amide bonds. The lowest BCUT2D eigenvalue weighted by Crippen LogP contribution is -2.37. The summed E-state index contributed by atoms with van der Waals surface area (Å²) in [6.07, 6.45) is -0.697. The van der Waals surface area contributed by atoms with E-state index in [9.17, 15) is 13.2 Å². The Balaban J connectivity index is 1.62. The molecule has 1 aliphatic heterocycles. The van der Waals surface area contributed by atoms with Crippen molar-refractivity contribution >= 4 is 21.6 Å². The molecule has 0 bridgehead atoms. The van der Waals surface area contributed by atoms with Crippen molar-refractivity contribution in [2.24, 2.45) is 0 Å². The van der Waals surface area contributed by atoms with E-state index in [1.165, 1.54) is 12.1 Å². The molecule has 0 aliphatic carbocycles. The summed E-state index contributed by atoms with van der Waals surface area (Å²) in [5.74, 6) is 1.61. The Bertz CT molecular complexity index is 1290. The number of hydrogen-bond acceptors (Lipinski definition) is 6. The third-order valence-electron chi connectivity index (χ3n) is 5.55. The molecule has 1 heterocycles. The summed E-state index contributed by atoms with van der Waals surface area (Å²) < 4.78 is 44.7.